The van der Waals surface area contributed by atoms with Gasteiger partial charge >= 0.3 is 6.03 Å². The molecule has 1 heterocycles. The fraction of sp³-hybridized carbons (Fsp3) is 0.250. The summed E-state index contributed by atoms with van der Waals surface area (Å²) in [5, 5.41) is 9.49. The standard InChI is InChI=1S/C12H14N4O2/c1-7-11(15-16-12(18)13-7)9-5-3-4-6-10(9)14-8(2)17/h3-7H,1-2H3,(H,14,17)(H2,13,16,18). The topological polar surface area (TPSA) is 82.6 Å². The average molecular weight is 246 g/mol. The minimum Gasteiger partial charge on any atom is -0.328 e. The second-order valence-electron chi connectivity index (χ2n) is 4.03. The molecule has 0 aliphatic carbocycles. The molecule has 0 bridgehead atoms. The van der Waals surface area contributed by atoms with E-state index in [-0.39, 0.29) is 18.0 Å². The van der Waals surface area contributed by atoms with Crippen molar-refractivity contribution in [1.82, 2.24) is 10.7 Å². The summed E-state index contributed by atoms with van der Waals surface area (Å²) < 4.78 is 0. The van der Waals surface area contributed by atoms with Crippen LogP contribution in [0.2, 0.25) is 0 Å². The number of amides is 3. The van der Waals surface area contributed by atoms with Crippen molar-refractivity contribution in [3.05, 3.63) is 29.8 Å². The fourth-order valence-corrected chi connectivity index (χ4v) is 1.80. The summed E-state index contributed by atoms with van der Waals surface area (Å²) in [7, 11) is 0. The minimum absolute atomic E-state index is 0.150. The highest BCUT2D eigenvalue weighted by atomic mass is 16.2. The normalized spacial score (nSPS) is 18.4. The average Bonchev–Trinajstić information content (AvgIpc) is 2.30. The van der Waals surface area contributed by atoms with Crippen LogP contribution in [0.25, 0.3) is 0 Å². The van der Waals surface area contributed by atoms with Crippen molar-refractivity contribution in [3.8, 4) is 0 Å². The summed E-state index contributed by atoms with van der Waals surface area (Å²) in [6, 6.07) is 6.78. The van der Waals surface area contributed by atoms with E-state index in [9.17, 15) is 9.59 Å². The molecule has 1 unspecified atom stereocenters. The summed E-state index contributed by atoms with van der Waals surface area (Å²) in [6.45, 7) is 3.28. The van der Waals surface area contributed by atoms with Crippen LogP contribution in [-0.2, 0) is 4.79 Å². The molecule has 0 saturated heterocycles. The molecule has 1 aliphatic rings. The lowest BCUT2D eigenvalue weighted by atomic mass is 10.0. The molecule has 1 aliphatic heterocycles. The van der Waals surface area contributed by atoms with Gasteiger partial charge in [-0.3, -0.25) is 4.79 Å². The van der Waals surface area contributed by atoms with E-state index in [2.05, 4.69) is 21.2 Å². The van der Waals surface area contributed by atoms with Gasteiger partial charge in [-0.1, -0.05) is 18.2 Å². The van der Waals surface area contributed by atoms with Gasteiger partial charge < -0.3 is 10.6 Å². The zero-order chi connectivity index (χ0) is 13.1. The maximum absolute atomic E-state index is 11.1. The van der Waals surface area contributed by atoms with Gasteiger partial charge in [-0.15, -0.1) is 0 Å². The maximum Gasteiger partial charge on any atom is 0.335 e. The molecule has 0 radical (unpaired) electrons. The molecule has 1 aromatic carbocycles. The molecular weight excluding hydrogens is 232 g/mol. The first-order valence-corrected chi connectivity index (χ1v) is 5.59. The molecular formula is C12H14N4O2. The highest BCUT2D eigenvalue weighted by Crippen LogP contribution is 2.18. The molecule has 6 heteroatoms. The maximum atomic E-state index is 11.1. The van der Waals surface area contributed by atoms with E-state index in [0.29, 0.717) is 11.4 Å². The smallest absolute Gasteiger partial charge is 0.328 e. The molecule has 1 aromatic rings. The molecule has 0 saturated carbocycles. The van der Waals surface area contributed by atoms with E-state index in [1.165, 1.54) is 6.92 Å². The molecule has 2 rings (SSSR count). The molecule has 0 fully saturated rings. The van der Waals surface area contributed by atoms with Crippen LogP contribution in [0.15, 0.2) is 29.4 Å². The Bertz CT molecular complexity index is 525. The van der Waals surface area contributed by atoms with Crippen LogP contribution in [-0.4, -0.2) is 23.7 Å². The third-order valence-corrected chi connectivity index (χ3v) is 2.55. The monoisotopic (exact) mass is 246 g/mol. The predicted octanol–water partition coefficient (Wildman–Crippen LogP) is 1.05. The first-order chi connectivity index (χ1) is 8.58. The van der Waals surface area contributed by atoms with Gasteiger partial charge in [0.15, 0.2) is 0 Å². The van der Waals surface area contributed by atoms with Crippen LogP contribution in [0.3, 0.4) is 0 Å². The van der Waals surface area contributed by atoms with E-state index < -0.39 is 0 Å². The van der Waals surface area contributed by atoms with Gasteiger partial charge in [0.1, 0.15) is 0 Å². The largest absolute Gasteiger partial charge is 0.335 e. The summed E-state index contributed by atoms with van der Waals surface area (Å²) in [5.74, 6) is -0.150. The molecule has 18 heavy (non-hydrogen) atoms. The number of benzene rings is 1. The van der Waals surface area contributed by atoms with Crippen molar-refractivity contribution < 1.29 is 9.59 Å². The third-order valence-electron chi connectivity index (χ3n) is 2.55. The van der Waals surface area contributed by atoms with E-state index in [1.54, 1.807) is 6.07 Å². The van der Waals surface area contributed by atoms with Crippen LogP contribution in [0.5, 0.6) is 0 Å². The lowest BCUT2D eigenvalue weighted by molar-refractivity contribution is -0.114. The van der Waals surface area contributed by atoms with E-state index in [4.69, 9.17) is 0 Å². The SMILES string of the molecule is CC(=O)Nc1ccccc1C1=NNC(=O)NC1C. The van der Waals surface area contributed by atoms with E-state index >= 15 is 0 Å². The van der Waals surface area contributed by atoms with Crippen LogP contribution in [0.1, 0.15) is 19.4 Å². The number of nitrogens with zero attached hydrogens (tertiary/aromatic N) is 1. The van der Waals surface area contributed by atoms with Gasteiger partial charge in [0.25, 0.3) is 0 Å². The van der Waals surface area contributed by atoms with Gasteiger partial charge in [0.2, 0.25) is 5.91 Å². The Balaban J connectivity index is 2.38. The van der Waals surface area contributed by atoms with Gasteiger partial charge in [-0.05, 0) is 13.0 Å². The number of hydrogen-bond acceptors (Lipinski definition) is 3. The fourth-order valence-electron chi connectivity index (χ4n) is 1.80. The summed E-state index contributed by atoms with van der Waals surface area (Å²) in [4.78, 5) is 22.3. The summed E-state index contributed by atoms with van der Waals surface area (Å²) in [6.07, 6.45) is 0. The van der Waals surface area contributed by atoms with Gasteiger partial charge in [0.05, 0.1) is 11.8 Å². The number of urea groups is 1. The van der Waals surface area contributed by atoms with Crippen molar-refractivity contribution in [2.24, 2.45) is 5.10 Å². The van der Waals surface area contributed by atoms with Crippen LogP contribution in [0, 0.1) is 0 Å². The van der Waals surface area contributed by atoms with Crippen molar-refractivity contribution in [1.29, 1.82) is 0 Å². The molecule has 3 N–H and O–H groups in total. The Morgan fingerprint density at radius 3 is 2.78 bits per heavy atom. The van der Waals surface area contributed by atoms with Gasteiger partial charge in [-0.25, -0.2) is 10.2 Å². The minimum atomic E-state index is -0.330. The highest BCUT2D eigenvalue weighted by Gasteiger charge is 2.22. The second-order valence-corrected chi connectivity index (χ2v) is 4.03. The highest BCUT2D eigenvalue weighted by molar-refractivity contribution is 6.12. The lowest BCUT2D eigenvalue weighted by Crippen LogP contribution is -2.48. The number of para-hydroxylation sites is 1. The third kappa shape index (κ3) is 2.48. The predicted molar refractivity (Wildman–Crippen MR) is 68.4 cm³/mol. The Morgan fingerprint density at radius 2 is 2.11 bits per heavy atom. The number of anilines is 1. The first kappa shape index (κ1) is 12.1. The molecule has 1 atom stereocenters. The second kappa shape index (κ2) is 4.87. The number of hydrazone groups is 1. The number of rotatable bonds is 2. The number of carbonyl (C=O) groups excluding carboxylic acids is 2. The van der Waals surface area contributed by atoms with Crippen LogP contribution in [0.4, 0.5) is 10.5 Å². The van der Waals surface area contributed by atoms with Crippen molar-refractivity contribution in [2.75, 3.05) is 5.32 Å². The van der Waals surface area contributed by atoms with Crippen molar-refractivity contribution >= 4 is 23.3 Å². The molecule has 0 spiro atoms. The lowest BCUT2D eigenvalue weighted by Gasteiger charge is -2.22. The Kier molecular flexibility index (Phi) is 3.27. The number of carbonyl (C=O) groups is 2. The van der Waals surface area contributed by atoms with Crippen molar-refractivity contribution in [3.63, 3.8) is 0 Å². The summed E-state index contributed by atoms with van der Waals surface area (Å²) >= 11 is 0. The zero-order valence-electron chi connectivity index (χ0n) is 10.2. The molecule has 3 amide bonds. The van der Waals surface area contributed by atoms with Crippen LogP contribution >= 0.6 is 0 Å². The Hall–Kier alpha value is -2.37. The van der Waals surface area contributed by atoms with Gasteiger partial charge in [0, 0.05) is 18.2 Å². The van der Waals surface area contributed by atoms with E-state index in [0.717, 1.165) is 5.56 Å². The van der Waals surface area contributed by atoms with Gasteiger partial charge in [-0.2, -0.15) is 5.10 Å². The number of hydrogen-bond donors (Lipinski definition) is 3. The Labute approximate surface area is 104 Å². The Morgan fingerprint density at radius 1 is 1.39 bits per heavy atom. The quantitative estimate of drug-likeness (QED) is 0.729. The van der Waals surface area contributed by atoms with Crippen molar-refractivity contribution in [2.45, 2.75) is 19.9 Å². The zero-order valence-corrected chi connectivity index (χ0v) is 10.2. The number of nitrogens with one attached hydrogen (secondary N) is 3. The molecule has 6 nitrogen and oxygen atoms in total. The molecule has 0 aromatic heterocycles. The van der Waals surface area contributed by atoms with E-state index in [1.807, 2.05) is 25.1 Å². The first-order valence-electron chi connectivity index (χ1n) is 5.59. The molecule has 94 valence electrons. The van der Waals surface area contributed by atoms with Crippen LogP contribution < -0.4 is 16.1 Å². The summed E-state index contributed by atoms with van der Waals surface area (Å²) in [5.41, 5.74) is 4.51.